The Morgan fingerprint density at radius 2 is 1.74 bits per heavy atom. The second kappa shape index (κ2) is 9.86. The molecule has 0 spiro atoms. The van der Waals surface area contributed by atoms with Crippen LogP contribution in [0.2, 0.25) is 0 Å². The number of nitrogens with one attached hydrogen (secondary N) is 1. The molecule has 0 aliphatic carbocycles. The quantitative estimate of drug-likeness (QED) is 0.527. The second-order valence-electron chi connectivity index (χ2n) is 9.66. The summed E-state index contributed by atoms with van der Waals surface area (Å²) in [5.74, 6) is -0.713. The summed E-state index contributed by atoms with van der Waals surface area (Å²) in [6.45, 7) is 5.88. The highest BCUT2D eigenvalue weighted by molar-refractivity contribution is 5.91. The second-order valence-corrected chi connectivity index (χ2v) is 9.66. The van der Waals surface area contributed by atoms with Gasteiger partial charge >= 0.3 is 0 Å². The lowest BCUT2D eigenvalue weighted by Crippen LogP contribution is -2.45. The molecular formula is C28H28F2N2O3. The van der Waals surface area contributed by atoms with E-state index in [1.165, 1.54) is 36.4 Å². The number of ether oxygens (including phenoxy) is 1. The number of amides is 2. The number of anilines is 1. The van der Waals surface area contributed by atoms with Crippen molar-refractivity contribution in [3.05, 3.63) is 95.1 Å². The lowest BCUT2D eigenvalue weighted by molar-refractivity contribution is -0.141. The summed E-state index contributed by atoms with van der Waals surface area (Å²) >= 11 is 0. The van der Waals surface area contributed by atoms with Crippen LogP contribution in [0, 0.1) is 17.0 Å². The largest absolute Gasteiger partial charge is 0.484 e. The topological polar surface area (TPSA) is 58.6 Å². The molecular weight excluding hydrogens is 450 g/mol. The Bertz CT molecular complexity index is 1240. The smallest absolute Gasteiger partial charge is 0.262 e. The van der Waals surface area contributed by atoms with E-state index in [0.29, 0.717) is 30.0 Å². The summed E-state index contributed by atoms with van der Waals surface area (Å²) in [5, 5.41) is 2.66. The van der Waals surface area contributed by atoms with Crippen molar-refractivity contribution in [2.45, 2.75) is 33.2 Å². The summed E-state index contributed by atoms with van der Waals surface area (Å²) in [5.41, 5.74) is 2.43. The van der Waals surface area contributed by atoms with E-state index in [-0.39, 0.29) is 30.1 Å². The fraction of sp³-hybridized carbons (Fsp3) is 0.286. The van der Waals surface area contributed by atoms with Crippen molar-refractivity contribution in [1.82, 2.24) is 4.90 Å². The number of nitrogens with zero attached hydrogens (tertiary/aromatic N) is 1. The van der Waals surface area contributed by atoms with Crippen LogP contribution in [0.15, 0.2) is 66.7 Å². The lowest BCUT2D eigenvalue weighted by Gasteiger charge is -2.41. The number of carbonyl (C=O) groups is 2. The van der Waals surface area contributed by atoms with E-state index >= 15 is 0 Å². The first-order valence-electron chi connectivity index (χ1n) is 11.5. The summed E-state index contributed by atoms with van der Waals surface area (Å²) in [7, 11) is 0. The fourth-order valence-corrected chi connectivity index (χ4v) is 4.25. The lowest BCUT2D eigenvalue weighted by atomic mass is 9.85. The maximum Gasteiger partial charge on any atom is 0.262 e. The Balaban J connectivity index is 1.59. The van der Waals surface area contributed by atoms with E-state index in [0.717, 1.165) is 11.1 Å². The zero-order chi connectivity index (χ0) is 25.2. The minimum Gasteiger partial charge on any atom is -0.484 e. The number of carbonyl (C=O) groups excluding carboxylic acids is 2. The molecule has 0 aromatic heterocycles. The van der Waals surface area contributed by atoms with Crippen LogP contribution >= 0.6 is 0 Å². The molecule has 1 unspecified atom stereocenters. The van der Waals surface area contributed by atoms with Crippen LogP contribution in [0.1, 0.15) is 43.5 Å². The van der Waals surface area contributed by atoms with Crippen molar-refractivity contribution in [1.29, 1.82) is 0 Å². The van der Waals surface area contributed by atoms with Gasteiger partial charge in [0, 0.05) is 17.6 Å². The Morgan fingerprint density at radius 3 is 2.43 bits per heavy atom. The number of rotatable bonds is 5. The van der Waals surface area contributed by atoms with Crippen LogP contribution in [0.3, 0.4) is 0 Å². The van der Waals surface area contributed by atoms with Gasteiger partial charge in [-0.15, -0.1) is 0 Å². The van der Waals surface area contributed by atoms with Crippen molar-refractivity contribution in [2.24, 2.45) is 5.41 Å². The number of halogens is 2. The summed E-state index contributed by atoms with van der Waals surface area (Å²) < 4.78 is 33.0. The van der Waals surface area contributed by atoms with E-state index in [4.69, 9.17) is 4.74 Å². The number of hydrogen-bond donors (Lipinski definition) is 1. The van der Waals surface area contributed by atoms with Crippen LogP contribution in [0.4, 0.5) is 14.5 Å². The van der Waals surface area contributed by atoms with Gasteiger partial charge in [0.2, 0.25) is 5.91 Å². The van der Waals surface area contributed by atoms with Crippen molar-refractivity contribution >= 4 is 17.5 Å². The van der Waals surface area contributed by atoms with Crippen LogP contribution in [0.5, 0.6) is 5.75 Å². The van der Waals surface area contributed by atoms with Gasteiger partial charge in [-0.25, -0.2) is 8.78 Å². The van der Waals surface area contributed by atoms with Crippen LogP contribution in [-0.4, -0.2) is 29.9 Å². The normalized spacial score (nSPS) is 15.3. The van der Waals surface area contributed by atoms with Gasteiger partial charge < -0.3 is 15.0 Å². The molecule has 1 aliphatic rings. The monoisotopic (exact) mass is 478 g/mol. The minimum absolute atomic E-state index is 0.0255. The standard InChI is InChI=1S/C28H28F2N2O3/c1-28(2,3)27(34)32-14-13-18-7-12-23(16-24(18)26(32)19-5-4-6-21(30)15-19)35-17-25(33)31-22-10-8-20(29)9-11-22/h4-12,15-16,26H,13-14,17H2,1-3H3,(H,31,33). The van der Waals surface area contributed by atoms with Crippen molar-refractivity contribution in [3.8, 4) is 5.75 Å². The van der Waals surface area contributed by atoms with Gasteiger partial charge in [-0.2, -0.15) is 0 Å². The summed E-state index contributed by atoms with van der Waals surface area (Å²) in [6.07, 6.45) is 0.661. The fourth-order valence-electron chi connectivity index (χ4n) is 4.25. The molecule has 1 atom stereocenters. The molecule has 1 heterocycles. The first kappa shape index (κ1) is 24.4. The third-order valence-electron chi connectivity index (χ3n) is 5.91. The third kappa shape index (κ3) is 5.67. The number of benzene rings is 3. The van der Waals surface area contributed by atoms with Crippen molar-refractivity contribution < 1.29 is 23.1 Å². The molecule has 4 rings (SSSR count). The Hall–Kier alpha value is -3.74. The third-order valence-corrected chi connectivity index (χ3v) is 5.91. The first-order chi connectivity index (χ1) is 16.6. The molecule has 7 heteroatoms. The molecule has 182 valence electrons. The molecule has 0 bridgehead atoms. The minimum atomic E-state index is -0.602. The molecule has 5 nitrogen and oxygen atoms in total. The predicted octanol–water partition coefficient (Wildman–Crippen LogP) is 5.50. The molecule has 1 N–H and O–H groups in total. The predicted molar refractivity (Wildman–Crippen MR) is 130 cm³/mol. The summed E-state index contributed by atoms with van der Waals surface area (Å²) in [4.78, 5) is 27.4. The average Bonchev–Trinajstić information content (AvgIpc) is 2.82. The Morgan fingerprint density at radius 1 is 1.00 bits per heavy atom. The van der Waals surface area contributed by atoms with Gasteiger partial charge in [0.05, 0.1) is 6.04 Å². The molecule has 0 fully saturated rings. The van der Waals surface area contributed by atoms with E-state index in [9.17, 15) is 18.4 Å². The van der Waals surface area contributed by atoms with Crippen LogP contribution in [0.25, 0.3) is 0 Å². The number of hydrogen-bond acceptors (Lipinski definition) is 3. The van der Waals surface area contributed by atoms with Gasteiger partial charge in [-0.1, -0.05) is 39.0 Å². The van der Waals surface area contributed by atoms with E-state index in [1.54, 1.807) is 17.0 Å². The highest BCUT2D eigenvalue weighted by Crippen LogP contribution is 2.39. The highest BCUT2D eigenvalue weighted by atomic mass is 19.1. The molecule has 0 saturated carbocycles. The van der Waals surface area contributed by atoms with Crippen LogP contribution < -0.4 is 10.1 Å². The van der Waals surface area contributed by atoms with Gasteiger partial charge in [0.15, 0.2) is 6.61 Å². The SMILES string of the molecule is CC(C)(C)C(=O)N1CCc2ccc(OCC(=O)Nc3ccc(F)cc3)cc2C1c1cccc(F)c1. The van der Waals surface area contributed by atoms with Gasteiger partial charge in [-0.3, -0.25) is 9.59 Å². The Kier molecular flexibility index (Phi) is 6.87. The molecule has 3 aromatic carbocycles. The van der Waals surface area contributed by atoms with E-state index < -0.39 is 11.5 Å². The molecule has 0 saturated heterocycles. The van der Waals surface area contributed by atoms with Gasteiger partial charge in [-0.05, 0) is 71.6 Å². The maximum absolute atomic E-state index is 14.2. The van der Waals surface area contributed by atoms with Gasteiger partial charge in [0.25, 0.3) is 5.91 Å². The Labute approximate surface area is 203 Å². The van der Waals surface area contributed by atoms with Crippen LogP contribution in [-0.2, 0) is 16.0 Å². The average molecular weight is 479 g/mol. The number of fused-ring (bicyclic) bond motifs is 1. The molecule has 35 heavy (non-hydrogen) atoms. The highest BCUT2D eigenvalue weighted by Gasteiger charge is 2.37. The van der Waals surface area contributed by atoms with E-state index in [1.807, 2.05) is 39.0 Å². The molecule has 1 aliphatic heterocycles. The molecule has 2 amide bonds. The molecule has 3 aromatic rings. The summed E-state index contributed by atoms with van der Waals surface area (Å²) in [6, 6.07) is 16.8. The van der Waals surface area contributed by atoms with Crippen molar-refractivity contribution in [2.75, 3.05) is 18.5 Å². The maximum atomic E-state index is 14.2. The molecule has 0 radical (unpaired) electrons. The zero-order valence-corrected chi connectivity index (χ0v) is 20.0. The van der Waals surface area contributed by atoms with E-state index in [2.05, 4.69) is 5.32 Å². The zero-order valence-electron chi connectivity index (χ0n) is 20.0. The van der Waals surface area contributed by atoms with Gasteiger partial charge in [0.1, 0.15) is 17.4 Å². The first-order valence-corrected chi connectivity index (χ1v) is 11.5. The van der Waals surface area contributed by atoms with Crippen molar-refractivity contribution in [3.63, 3.8) is 0 Å².